The van der Waals surface area contributed by atoms with Crippen LogP contribution in [0.4, 0.5) is 5.69 Å². The Morgan fingerprint density at radius 3 is 2.61 bits per heavy atom. The zero-order valence-corrected chi connectivity index (χ0v) is 13.0. The van der Waals surface area contributed by atoms with Crippen LogP contribution < -0.4 is 15.0 Å². The van der Waals surface area contributed by atoms with Gasteiger partial charge in [-0.25, -0.2) is 0 Å². The minimum Gasteiger partial charge on any atom is -0.482 e. The number of nitriles is 1. The highest BCUT2D eigenvalue weighted by molar-refractivity contribution is 5.77. The molecule has 1 N–H and O–H groups in total. The molecule has 0 unspecified atom stereocenters. The quantitative estimate of drug-likeness (QED) is 0.851. The lowest BCUT2D eigenvalue weighted by atomic mass is 10.2. The molecule has 118 valence electrons. The summed E-state index contributed by atoms with van der Waals surface area (Å²) in [6.45, 7) is 1.12. The molecule has 5 nitrogen and oxygen atoms in total. The minimum atomic E-state index is -0.209. The van der Waals surface area contributed by atoms with Gasteiger partial charge in [-0.2, -0.15) is 5.26 Å². The molecule has 2 aromatic carbocycles. The molecular weight excluding hydrogens is 290 g/mol. The number of nitrogens with zero attached hydrogens (tertiary/aromatic N) is 2. The van der Waals surface area contributed by atoms with Gasteiger partial charge in [-0.1, -0.05) is 30.3 Å². The standard InChI is InChI=1S/C18H19N3O2/c1-21(16-8-3-2-4-9-16)12-11-20-18(22)14-23-17-10-6-5-7-15(17)13-19/h2-10H,11-12,14H2,1H3,(H,20,22). The number of carbonyl (C=O) groups is 1. The van der Waals surface area contributed by atoms with Crippen LogP contribution in [0.25, 0.3) is 0 Å². The largest absolute Gasteiger partial charge is 0.482 e. The summed E-state index contributed by atoms with van der Waals surface area (Å²) in [4.78, 5) is 13.9. The Morgan fingerprint density at radius 1 is 1.17 bits per heavy atom. The minimum absolute atomic E-state index is 0.103. The molecular formula is C18H19N3O2. The normalized spacial score (nSPS) is 9.74. The Labute approximate surface area is 136 Å². The second-order valence-corrected chi connectivity index (χ2v) is 5.00. The predicted octanol–water partition coefficient (Wildman–Crippen LogP) is 2.19. The van der Waals surface area contributed by atoms with Crippen molar-refractivity contribution in [3.05, 3.63) is 60.2 Å². The molecule has 0 saturated carbocycles. The summed E-state index contributed by atoms with van der Waals surface area (Å²) in [5, 5.41) is 11.8. The van der Waals surface area contributed by atoms with E-state index in [0.29, 0.717) is 24.4 Å². The molecule has 0 radical (unpaired) electrons. The molecule has 0 aromatic heterocycles. The lowest BCUT2D eigenvalue weighted by Gasteiger charge is -2.19. The van der Waals surface area contributed by atoms with Gasteiger partial charge in [-0.15, -0.1) is 0 Å². The molecule has 0 aliphatic rings. The maximum Gasteiger partial charge on any atom is 0.258 e. The van der Waals surface area contributed by atoms with Crippen molar-refractivity contribution >= 4 is 11.6 Å². The molecule has 5 heteroatoms. The van der Waals surface area contributed by atoms with Crippen LogP contribution in [0.5, 0.6) is 5.75 Å². The number of hydrogen-bond acceptors (Lipinski definition) is 4. The van der Waals surface area contributed by atoms with Gasteiger partial charge in [-0.05, 0) is 24.3 Å². The monoisotopic (exact) mass is 309 g/mol. The molecule has 0 aliphatic heterocycles. The fourth-order valence-corrected chi connectivity index (χ4v) is 2.05. The van der Waals surface area contributed by atoms with Crippen molar-refractivity contribution in [2.75, 3.05) is 31.6 Å². The van der Waals surface area contributed by atoms with E-state index in [1.807, 2.05) is 43.4 Å². The lowest BCUT2D eigenvalue weighted by Crippen LogP contribution is -2.35. The number of para-hydroxylation sites is 2. The Bertz CT molecular complexity index is 680. The van der Waals surface area contributed by atoms with Crippen molar-refractivity contribution < 1.29 is 9.53 Å². The molecule has 2 aromatic rings. The molecule has 23 heavy (non-hydrogen) atoms. The summed E-state index contributed by atoms with van der Waals surface area (Å²) in [6, 6.07) is 18.8. The number of hydrogen-bond donors (Lipinski definition) is 1. The third-order valence-corrected chi connectivity index (χ3v) is 3.33. The van der Waals surface area contributed by atoms with Crippen molar-refractivity contribution in [1.29, 1.82) is 5.26 Å². The Morgan fingerprint density at radius 2 is 1.87 bits per heavy atom. The van der Waals surface area contributed by atoms with Gasteiger partial charge in [0.2, 0.25) is 0 Å². The highest BCUT2D eigenvalue weighted by atomic mass is 16.5. The van der Waals surface area contributed by atoms with Crippen LogP contribution in [0.3, 0.4) is 0 Å². The number of amides is 1. The van der Waals surface area contributed by atoms with Crippen LogP contribution in [0.2, 0.25) is 0 Å². The van der Waals surface area contributed by atoms with Crippen LogP contribution >= 0.6 is 0 Å². The van der Waals surface area contributed by atoms with E-state index in [0.717, 1.165) is 5.69 Å². The molecule has 0 bridgehead atoms. The molecule has 0 saturated heterocycles. The number of anilines is 1. The first-order valence-corrected chi connectivity index (χ1v) is 7.35. The van der Waals surface area contributed by atoms with E-state index in [1.54, 1.807) is 24.3 Å². The summed E-state index contributed by atoms with van der Waals surface area (Å²) in [5.74, 6) is 0.214. The van der Waals surface area contributed by atoms with E-state index in [4.69, 9.17) is 10.00 Å². The van der Waals surface area contributed by atoms with E-state index >= 15 is 0 Å². The SMILES string of the molecule is CN(CCNC(=O)COc1ccccc1C#N)c1ccccc1. The smallest absolute Gasteiger partial charge is 0.258 e. The molecule has 0 heterocycles. The van der Waals surface area contributed by atoms with E-state index in [-0.39, 0.29) is 12.5 Å². The number of nitrogens with one attached hydrogen (secondary N) is 1. The fraction of sp³-hybridized carbons (Fsp3) is 0.222. The highest BCUT2D eigenvalue weighted by Gasteiger charge is 2.06. The average molecular weight is 309 g/mol. The van der Waals surface area contributed by atoms with E-state index in [2.05, 4.69) is 10.2 Å². The molecule has 1 amide bonds. The number of rotatable bonds is 7. The van der Waals surface area contributed by atoms with Gasteiger partial charge in [0, 0.05) is 25.8 Å². The van der Waals surface area contributed by atoms with E-state index in [9.17, 15) is 4.79 Å². The zero-order chi connectivity index (χ0) is 16.5. The first kappa shape index (κ1) is 16.4. The maximum absolute atomic E-state index is 11.8. The van der Waals surface area contributed by atoms with Crippen molar-refractivity contribution in [1.82, 2.24) is 5.32 Å². The molecule has 0 fully saturated rings. The van der Waals surface area contributed by atoms with Crippen LogP contribution in [0, 0.1) is 11.3 Å². The first-order chi connectivity index (χ1) is 11.2. The number of benzene rings is 2. The number of ether oxygens (including phenoxy) is 1. The highest BCUT2D eigenvalue weighted by Crippen LogP contribution is 2.16. The summed E-state index contributed by atoms with van der Waals surface area (Å²) in [6.07, 6.45) is 0. The van der Waals surface area contributed by atoms with Crippen LogP contribution in [0.15, 0.2) is 54.6 Å². The van der Waals surface area contributed by atoms with E-state index < -0.39 is 0 Å². The van der Waals surface area contributed by atoms with Gasteiger partial charge in [-0.3, -0.25) is 4.79 Å². The molecule has 0 atom stereocenters. The summed E-state index contributed by atoms with van der Waals surface area (Å²) >= 11 is 0. The number of likely N-dealkylation sites (N-methyl/N-ethyl adjacent to an activating group) is 1. The van der Waals surface area contributed by atoms with Crippen LogP contribution in [-0.4, -0.2) is 32.7 Å². The Hall–Kier alpha value is -3.00. The van der Waals surface area contributed by atoms with Crippen LogP contribution in [0.1, 0.15) is 5.56 Å². The fourth-order valence-electron chi connectivity index (χ4n) is 2.05. The van der Waals surface area contributed by atoms with Gasteiger partial charge in [0.15, 0.2) is 6.61 Å². The summed E-state index contributed by atoms with van der Waals surface area (Å²) < 4.78 is 5.38. The van der Waals surface area contributed by atoms with Gasteiger partial charge < -0.3 is 15.0 Å². The summed E-state index contributed by atoms with van der Waals surface area (Å²) in [5.41, 5.74) is 1.52. The maximum atomic E-state index is 11.8. The van der Waals surface area contributed by atoms with Crippen molar-refractivity contribution in [2.24, 2.45) is 0 Å². The average Bonchev–Trinajstić information content (AvgIpc) is 2.60. The Kier molecular flexibility index (Phi) is 6.01. The van der Waals surface area contributed by atoms with Gasteiger partial charge in [0.05, 0.1) is 5.56 Å². The lowest BCUT2D eigenvalue weighted by molar-refractivity contribution is -0.123. The third-order valence-electron chi connectivity index (χ3n) is 3.33. The van der Waals surface area contributed by atoms with Gasteiger partial charge in [0.25, 0.3) is 5.91 Å². The first-order valence-electron chi connectivity index (χ1n) is 7.35. The topological polar surface area (TPSA) is 65.4 Å². The van der Waals surface area contributed by atoms with Crippen LogP contribution in [-0.2, 0) is 4.79 Å². The predicted molar refractivity (Wildman–Crippen MR) is 89.4 cm³/mol. The third kappa shape index (κ3) is 5.04. The second-order valence-electron chi connectivity index (χ2n) is 5.00. The van der Waals surface area contributed by atoms with E-state index in [1.165, 1.54) is 0 Å². The molecule has 2 rings (SSSR count). The van der Waals surface area contributed by atoms with Gasteiger partial charge in [0.1, 0.15) is 11.8 Å². The molecule has 0 aliphatic carbocycles. The summed E-state index contributed by atoms with van der Waals surface area (Å²) in [7, 11) is 1.97. The molecule has 0 spiro atoms. The number of carbonyl (C=O) groups excluding carboxylic acids is 1. The van der Waals surface area contributed by atoms with Crippen molar-refractivity contribution in [3.63, 3.8) is 0 Å². The van der Waals surface area contributed by atoms with Crippen molar-refractivity contribution in [3.8, 4) is 11.8 Å². The second kappa shape index (κ2) is 8.44. The van der Waals surface area contributed by atoms with Gasteiger partial charge >= 0.3 is 0 Å². The zero-order valence-electron chi connectivity index (χ0n) is 13.0. The Balaban J connectivity index is 1.72. The van der Waals surface area contributed by atoms with Crippen molar-refractivity contribution in [2.45, 2.75) is 0 Å².